The number of aliphatic hydroxyl groups excluding tert-OH is 1. The molecule has 2 atom stereocenters. The number of para-hydroxylation sites is 1. The zero-order valence-electron chi connectivity index (χ0n) is 14.2. The summed E-state index contributed by atoms with van der Waals surface area (Å²) >= 11 is 0. The highest BCUT2D eigenvalue weighted by atomic mass is 19.1. The fourth-order valence-corrected chi connectivity index (χ4v) is 3.39. The predicted molar refractivity (Wildman–Crippen MR) is 92.8 cm³/mol. The van der Waals surface area contributed by atoms with Crippen molar-refractivity contribution in [3.8, 4) is 5.75 Å². The smallest absolute Gasteiger partial charge is 0.223 e. The van der Waals surface area contributed by atoms with Gasteiger partial charge in [0.1, 0.15) is 11.6 Å². The van der Waals surface area contributed by atoms with E-state index in [2.05, 4.69) is 0 Å². The normalized spacial score (nSPS) is 19.9. The highest BCUT2D eigenvalue weighted by Crippen LogP contribution is 2.33. The van der Waals surface area contributed by atoms with Gasteiger partial charge in [-0.1, -0.05) is 30.3 Å². The summed E-state index contributed by atoms with van der Waals surface area (Å²) < 4.78 is 18.5. The Balaban J connectivity index is 1.70. The Labute approximate surface area is 146 Å². The van der Waals surface area contributed by atoms with Crippen LogP contribution in [0.1, 0.15) is 30.0 Å². The third-order valence-electron chi connectivity index (χ3n) is 4.65. The fourth-order valence-electron chi connectivity index (χ4n) is 3.39. The molecule has 2 aromatic carbocycles. The summed E-state index contributed by atoms with van der Waals surface area (Å²) in [4.78, 5) is 14.4. The average Bonchev–Trinajstić information content (AvgIpc) is 3.02. The van der Waals surface area contributed by atoms with E-state index in [1.807, 2.05) is 24.3 Å². The minimum Gasteiger partial charge on any atom is -0.496 e. The highest BCUT2D eigenvalue weighted by molar-refractivity contribution is 5.77. The van der Waals surface area contributed by atoms with Gasteiger partial charge in [0, 0.05) is 13.0 Å². The molecule has 1 N–H and O–H groups in total. The van der Waals surface area contributed by atoms with E-state index in [1.54, 1.807) is 24.1 Å². The minimum absolute atomic E-state index is 0.0169. The third kappa shape index (κ3) is 3.99. The molecule has 0 saturated carbocycles. The summed E-state index contributed by atoms with van der Waals surface area (Å²) in [5.74, 6) is 0.444. The van der Waals surface area contributed by atoms with E-state index in [9.17, 15) is 14.3 Å². The summed E-state index contributed by atoms with van der Waals surface area (Å²) in [7, 11) is 1.61. The molecule has 0 radical (unpaired) electrons. The maximum absolute atomic E-state index is 13.1. The first-order valence-electron chi connectivity index (χ1n) is 8.43. The van der Waals surface area contributed by atoms with Crippen LogP contribution < -0.4 is 4.74 Å². The number of amides is 1. The molecular formula is C20H22FNO3. The lowest BCUT2D eigenvalue weighted by Gasteiger charge is -2.25. The van der Waals surface area contributed by atoms with Crippen molar-refractivity contribution in [2.24, 2.45) is 0 Å². The topological polar surface area (TPSA) is 49.8 Å². The van der Waals surface area contributed by atoms with Crippen LogP contribution in [-0.2, 0) is 11.2 Å². The van der Waals surface area contributed by atoms with Gasteiger partial charge in [0.25, 0.3) is 0 Å². The van der Waals surface area contributed by atoms with Crippen molar-refractivity contribution in [2.75, 3.05) is 13.7 Å². The van der Waals surface area contributed by atoms with Crippen LogP contribution in [0.5, 0.6) is 5.75 Å². The van der Waals surface area contributed by atoms with Crippen molar-refractivity contribution in [1.29, 1.82) is 0 Å². The van der Waals surface area contributed by atoms with E-state index in [4.69, 9.17) is 4.74 Å². The number of rotatable bonds is 5. The molecule has 25 heavy (non-hydrogen) atoms. The molecule has 1 heterocycles. The van der Waals surface area contributed by atoms with Crippen molar-refractivity contribution < 1.29 is 19.0 Å². The molecule has 1 aliphatic heterocycles. The lowest BCUT2D eigenvalue weighted by Crippen LogP contribution is -2.32. The van der Waals surface area contributed by atoms with Gasteiger partial charge < -0.3 is 14.7 Å². The van der Waals surface area contributed by atoms with Crippen LogP contribution in [0.3, 0.4) is 0 Å². The first-order valence-corrected chi connectivity index (χ1v) is 8.43. The number of hydrogen-bond donors (Lipinski definition) is 1. The summed E-state index contributed by atoms with van der Waals surface area (Å²) in [6, 6.07) is 13.6. The first kappa shape index (κ1) is 17.4. The van der Waals surface area contributed by atoms with Gasteiger partial charge in [0.15, 0.2) is 0 Å². The van der Waals surface area contributed by atoms with Gasteiger partial charge in [0.2, 0.25) is 5.91 Å². The summed E-state index contributed by atoms with van der Waals surface area (Å²) in [5, 5.41) is 10.0. The predicted octanol–water partition coefficient (Wildman–Crippen LogP) is 3.10. The molecule has 4 nitrogen and oxygen atoms in total. The fraction of sp³-hybridized carbons (Fsp3) is 0.350. The van der Waals surface area contributed by atoms with Gasteiger partial charge >= 0.3 is 0 Å². The molecule has 0 aliphatic carbocycles. The molecule has 0 bridgehead atoms. The van der Waals surface area contributed by atoms with Gasteiger partial charge in [-0.3, -0.25) is 4.79 Å². The van der Waals surface area contributed by atoms with E-state index >= 15 is 0 Å². The molecule has 1 saturated heterocycles. The lowest BCUT2D eigenvalue weighted by atomic mass is 10.0. The number of halogens is 1. The quantitative estimate of drug-likeness (QED) is 0.908. The number of hydrogen-bond acceptors (Lipinski definition) is 3. The van der Waals surface area contributed by atoms with Crippen LogP contribution in [0.15, 0.2) is 48.5 Å². The first-order chi connectivity index (χ1) is 12.1. The summed E-state index contributed by atoms with van der Waals surface area (Å²) in [6.07, 6.45) is 0.841. The number of aryl methyl sites for hydroxylation is 1. The third-order valence-corrected chi connectivity index (χ3v) is 4.65. The summed E-state index contributed by atoms with van der Waals surface area (Å²) in [6.45, 7) is 0.312. The second-order valence-corrected chi connectivity index (χ2v) is 6.31. The van der Waals surface area contributed by atoms with Crippen molar-refractivity contribution in [1.82, 2.24) is 4.90 Å². The number of aliphatic hydroxyl groups is 1. The van der Waals surface area contributed by atoms with Crippen molar-refractivity contribution >= 4 is 5.91 Å². The number of carbonyl (C=O) groups excluding carboxylic acids is 1. The second kappa shape index (κ2) is 7.66. The average molecular weight is 343 g/mol. The van der Waals surface area contributed by atoms with Crippen molar-refractivity contribution in [3.05, 3.63) is 65.5 Å². The van der Waals surface area contributed by atoms with Crippen LogP contribution in [0.25, 0.3) is 0 Å². The van der Waals surface area contributed by atoms with Crippen LogP contribution in [-0.4, -0.2) is 35.7 Å². The Bertz CT molecular complexity index is 732. The SMILES string of the molecule is COc1ccccc1CCC(=O)N1C[C@H](O)C[C@@H]1c1ccc(F)cc1. The maximum Gasteiger partial charge on any atom is 0.223 e. The number of ether oxygens (including phenoxy) is 1. The molecule has 3 rings (SSSR count). The molecule has 1 aliphatic rings. The van der Waals surface area contributed by atoms with Gasteiger partial charge in [0.05, 0.1) is 19.3 Å². The molecule has 0 aromatic heterocycles. The number of carbonyl (C=O) groups is 1. The van der Waals surface area contributed by atoms with Crippen molar-refractivity contribution in [2.45, 2.75) is 31.4 Å². The number of nitrogens with zero attached hydrogens (tertiary/aromatic N) is 1. The van der Waals surface area contributed by atoms with E-state index in [1.165, 1.54) is 12.1 Å². The monoisotopic (exact) mass is 343 g/mol. The molecular weight excluding hydrogens is 321 g/mol. The largest absolute Gasteiger partial charge is 0.496 e. The van der Waals surface area contributed by atoms with E-state index in [0.29, 0.717) is 25.8 Å². The van der Waals surface area contributed by atoms with Gasteiger partial charge in [-0.25, -0.2) is 4.39 Å². The minimum atomic E-state index is -0.551. The molecule has 1 amide bonds. The molecule has 132 valence electrons. The number of methoxy groups -OCH3 is 1. The molecule has 2 aromatic rings. The number of β-amino-alcohol motifs (C(OH)–C–C–N with tert-alkyl or cyclic N) is 1. The van der Waals surface area contributed by atoms with Gasteiger partial charge in [-0.15, -0.1) is 0 Å². The Kier molecular flexibility index (Phi) is 5.34. The van der Waals surface area contributed by atoms with Crippen LogP contribution in [0.2, 0.25) is 0 Å². The molecule has 0 spiro atoms. The zero-order chi connectivity index (χ0) is 17.8. The zero-order valence-corrected chi connectivity index (χ0v) is 14.2. The Hall–Kier alpha value is -2.40. The number of benzene rings is 2. The Morgan fingerprint density at radius 1 is 1.24 bits per heavy atom. The van der Waals surface area contributed by atoms with Gasteiger partial charge in [-0.2, -0.15) is 0 Å². The number of likely N-dealkylation sites (tertiary alicyclic amines) is 1. The molecule has 0 unspecified atom stereocenters. The van der Waals surface area contributed by atoms with E-state index in [-0.39, 0.29) is 17.8 Å². The highest BCUT2D eigenvalue weighted by Gasteiger charge is 2.34. The Morgan fingerprint density at radius 3 is 2.68 bits per heavy atom. The summed E-state index contributed by atoms with van der Waals surface area (Å²) in [5.41, 5.74) is 1.83. The van der Waals surface area contributed by atoms with E-state index < -0.39 is 6.10 Å². The van der Waals surface area contributed by atoms with Crippen LogP contribution >= 0.6 is 0 Å². The van der Waals surface area contributed by atoms with Crippen LogP contribution in [0, 0.1) is 5.82 Å². The lowest BCUT2D eigenvalue weighted by molar-refractivity contribution is -0.132. The Morgan fingerprint density at radius 2 is 1.96 bits per heavy atom. The van der Waals surface area contributed by atoms with Crippen molar-refractivity contribution in [3.63, 3.8) is 0 Å². The van der Waals surface area contributed by atoms with E-state index in [0.717, 1.165) is 16.9 Å². The molecule has 1 fully saturated rings. The maximum atomic E-state index is 13.1. The van der Waals surface area contributed by atoms with Gasteiger partial charge in [-0.05, 0) is 42.2 Å². The van der Waals surface area contributed by atoms with Crippen LogP contribution in [0.4, 0.5) is 4.39 Å². The second-order valence-electron chi connectivity index (χ2n) is 6.31. The molecule has 5 heteroatoms. The standard InChI is InChI=1S/C20H22FNO3/c1-25-19-5-3-2-4-15(19)8-11-20(24)22-13-17(23)12-18(22)14-6-9-16(21)10-7-14/h2-7,9-10,17-18,23H,8,11-13H2,1H3/t17-,18-/m1/s1.